The maximum Gasteiger partial charge on any atom is 0.135 e. The van der Waals surface area contributed by atoms with Crippen molar-refractivity contribution in [2.24, 2.45) is 5.73 Å². The largest absolute Gasteiger partial charge is 0.457 e. The summed E-state index contributed by atoms with van der Waals surface area (Å²) in [5.41, 5.74) is 7.49. The number of hydrogen-bond acceptors (Lipinski definition) is 3. The smallest absolute Gasteiger partial charge is 0.135 e. The molecule has 17 heavy (non-hydrogen) atoms. The van der Waals surface area contributed by atoms with Gasteiger partial charge in [0, 0.05) is 33.6 Å². The van der Waals surface area contributed by atoms with Crippen LogP contribution in [0, 0.1) is 10.5 Å². The van der Waals surface area contributed by atoms with Crippen molar-refractivity contribution in [2.45, 2.75) is 13.5 Å². The van der Waals surface area contributed by atoms with Crippen molar-refractivity contribution in [1.82, 2.24) is 4.98 Å². The highest BCUT2D eigenvalue weighted by atomic mass is 127. The molecule has 2 rings (SSSR count). The number of halogens is 1. The van der Waals surface area contributed by atoms with E-state index in [0.29, 0.717) is 6.54 Å². The quantitative estimate of drug-likeness (QED) is 0.873. The molecule has 2 N–H and O–H groups in total. The lowest BCUT2D eigenvalue weighted by Gasteiger charge is -2.10. The van der Waals surface area contributed by atoms with Crippen molar-refractivity contribution in [3.05, 3.63) is 51.4 Å². The first kappa shape index (κ1) is 12.3. The Hall–Kier alpha value is -1.14. The van der Waals surface area contributed by atoms with Gasteiger partial charge in [0.2, 0.25) is 0 Å². The van der Waals surface area contributed by atoms with Crippen LogP contribution in [-0.2, 0) is 6.54 Å². The van der Waals surface area contributed by atoms with Gasteiger partial charge in [-0.05, 0) is 47.7 Å². The molecular formula is C13H13IN2O. The number of benzene rings is 1. The molecule has 1 heterocycles. The molecule has 0 spiro atoms. The molecule has 0 radical (unpaired) electrons. The Morgan fingerprint density at radius 3 is 2.88 bits per heavy atom. The first-order chi connectivity index (χ1) is 8.19. The summed E-state index contributed by atoms with van der Waals surface area (Å²) in [6, 6.07) is 9.80. The Morgan fingerprint density at radius 2 is 2.18 bits per heavy atom. The van der Waals surface area contributed by atoms with E-state index in [9.17, 15) is 0 Å². The Kier molecular flexibility index (Phi) is 3.96. The molecular weight excluding hydrogens is 327 g/mol. The highest BCUT2D eigenvalue weighted by molar-refractivity contribution is 14.1. The van der Waals surface area contributed by atoms with E-state index in [-0.39, 0.29) is 0 Å². The lowest BCUT2D eigenvalue weighted by molar-refractivity contribution is 0.474. The van der Waals surface area contributed by atoms with Gasteiger partial charge in [0.15, 0.2) is 0 Å². The van der Waals surface area contributed by atoms with Gasteiger partial charge in [0.1, 0.15) is 11.5 Å². The number of rotatable bonds is 3. The normalized spacial score (nSPS) is 10.3. The van der Waals surface area contributed by atoms with Gasteiger partial charge in [-0.2, -0.15) is 0 Å². The van der Waals surface area contributed by atoms with E-state index < -0.39 is 0 Å². The van der Waals surface area contributed by atoms with E-state index in [1.807, 2.05) is 37.3 Å². The molecule has 0 saturated carbocycles. The third-order valence-corrected chi connectivity index (χ3v) is 3.00. The molecule has 0 saturated heterocycles. The second-order valence-corrected chi connectivity index (χ2v) is 4.94. The van der Waals surface area contributed by atoms with Gasteiger partial charge in [-0.3, -0.25) is 4.98 Å². The predicted octanol–water partition coefficient (Wildman–Crippen LogP) is 3.25. The van der Waals surface area contributed by atoms with E-state index >= 15 is 0 Å². The number of pyridine rings is 1. The zero-order valence-corrected chi connectivity index (χ0v) is 11.6. The van der Waals surface area contributed by atoms with Gasteiger partial charge >= 0.3 is 0 Å². The van der Waals surface area contributed by atoms with Crippen molar-refractivity contribution >= 4 is 22.6 Å². The summed E-state index contributed by atoms with van der Waals surface area (Å²) in [5, 5.41) is 0. The highest BCUT2D eigenvalue weighted by Gasteiger charge is 2.05. The zero-order valence-electron chi connectivity index (χ0n) is 9.48. The van der Waals surface area contributed by atoms with E-state index in [1.165, 1.54) is 0 Å². The van der Waals surface area contributed by atoms with E-state index in [1.54, 1.807) is 6.20 Å². The minimum Gasteiger partial charge on any atom is -0.457 e. The third kappa shape index (κ3) is 3.17. The van der Waals surface area contributed by atoms with Gasteiger partial charge in [0.05, 0.1) is 0 Å². The van der Waals surface area contributed by atoms with Gasteiger partial charge < -0.3 is 10.5 Å². The van der Waals surface area contributed by atoms with Crippen LogP contribution in [0.5, 0.6) is 11.5 Å². The van der Waals surface area contributed by atoms with Gasteiger partial charge in [-0.25, -0.2) is 0 Å². The van der Waals surface area contributed by atoms with E-state index in [0.717, 1.165) is 26.3 Å². The molecule has 2 aromatic rings. The average molecular weight is 340 g/mol. The number of aromatic nitrogens is 1. The fraction of sp³-hybridized carbons (Fsp3) is 0.154. The maximum atomic E-state index is 5.84. The number of nitrogens with two attached hydrogens (primary N) is 1. The number of aryl methyl sites for hydroxylation is 1. The lowest BCUT2D eigenvalue weighted by Crippen LogP contribution is -2.01. The number of hydrogen-bond donors (Lipinski definition) is 1. The van der Waals surface area contributed by atoms with E-state index in [4.69, 9.17) is 10.5 Å². The van der Waals surface area contributed by atoms with Crippen molar-refractivity contribution in [3.8, 4) is 11.5 Å². The number of ether oxygens (including phenoxy) is 1. The molecule has 3 nitrogen and oxygen atoms in total. The van der Waals surface area contributed by atoms with Crippen molar-refractivity contribution < 1.29 is 4.74 Å². The Bertz CT molecular complexity index is 529. The average Bonchev–Trinajstić information content (AvgIpc) is 2.29. The van der Waals surface area contributed by atoms with Crippen LogP contribution in [0.25, 0.3) is 0 Å². The van der Waals surface area contributed by atoms with Crippen LogP contribution in [0.15, 0.2) is 36.5 Å². The van der Waals surface area contributed by atoms with Crippen molar-refractivity contribution in [2.75, 3.05) is 0 Å². The summed E-state index contributed by atoms with van der Waals surface area (Å²) in [4.78, 5) is 4.21. The van der Waals surface area contributed by atoms with Gasteiger partial charge in [0.25, 0.3) is 0 Å². The van der Waals surface area contributed by atoms with Crippen molar-refractivity contribution in [3.63, 3.8) is 0 Å². The standard InChI is InChI=1S/C13H13IN2O/c1-9-5-13(10(7-15)8-16-9)17-12-4-2-3-11(14)6-12/h2-6,8H,7,15H2,1H3. The summed E-state index contributed by atoms with van der Waals surface area (Å²) in [7, 11) is 0. The Labute approximate surface area is 114 Å². The third-order valence-electron chi connectivity index (χ3n) is 2.32. The molecule has 0 aliphatic heterocycles. The molecule has 1 aromatic heterocycles. The fourth-order valence-electron chi connectivity index (χ4n) is 1.47. The van der Waals surface area contributed by atoms with Crippen LogP contribution in [0.2, 0.25) is 0 Å². The Balaban J connectivity index is 2.32. The molecule has 4 heteroatoms. The first-order valence-electron chi connectivity index (χ1n) is 5.28. The van der Waals surface area contributed by atoms with Crippen LogP contribution in [0.3, 0.4) is 0 Å². The topological polar surface area (TPSA) is 48.1 Å². The van der Waals surface area contributed by atoms with Crippen LogP contribution in [0.4, 0.5) is 0 Å². The summed E-state index contributed by atoms with van der Waals surface area (Å²) in [6.45, 7) is 2.36. The van der Waals surface area contributed by atoms with Gasteiger partial charge in [-0.1, -0.05) is 6.07 Å². The minimum atomic E-state index is 0.423. The fourth-order valence-corrected chi connectivity index (χ4v) is 1.98. The second kappa shape index (κ2) is 5.46. The predicted molar refractivity (Wildman–Crippen MR) is 76.1 cm³/mol. The zero-order chi connectivity index (χ0) is 12.3. The molecule has 88 valence electrons. The van der Waals surface area contributed by atoms with Crippen molar-refractivity contribution in [1.29, 1.82) is 0 Å². The minimum absolute atomic E-state index is 0.423. The van der Waals surface area contributed by atoms with Crippen LogP contribution in [0.1, 0.15) is 11.3 Å². The molecule has 0 fully saturated rings. The van der Waals surface area contributed by atoms with Crippen LogP contribution in [-0.4, -0.2) is 4.98 Å². The molecule has 0 atom stereocenters. The summed E-state index contributed by atoms with van der Waals surface area (Å²) in [5.74, 6) is 1.60. The van der Waals surface area contributed by atoms with E-state index in [2.05, 4.69) is 27.6 Å². The summed E-state index contributed by atoms with van der Waals surface area (Å²) < 4.78 is 6.98. The lowest BCUT2D eigenvalue weighted by atomic mass is 10.2. The maximum absolute atomic E-state index is 5.84. The molecule has 0 aliphatic rings. The first-order valence-corrected chi connectivity index (χ1v) is 6.36. The second-order valence-electron chi connectivity index (χ2n) is 3.70. The molecule has 1 aromatic carbocycles. The number of nitrogens with zero attached hydrogens (tertiary/aromatic N) is 1. The van der Waals surface area contributed by atoms with Crippen LogP contribution >= 0.6 is 22.6 Å². The molecule has 0 bridgehead atoms. The summed E-state index contributed by atoms with van der Waals surface area (Å²) >= 11 is 2.26. The SMILES string of the molecule is Cc1cc(Oc2cccc(I)c2)c(CN)cn1. The monoisotopic (exact) mass is 340 g/mol. The van der Waals surface area contributed by atoms with Gasteiger partial charge in [-0.15, -0.1) is 0 Å². The highest BCUT2D eigenvalue weighted by Crippen LogP contribution is 2.26. The van der Waals surface area contributed by atoms with Crippen LogP contribution < -0.4 is 10.5 Å². The molecule has 0 amide bonds. The Morgan fingerprint density at radius 1 is 1.35 bits per heavy atom. The molecule has 0 aliphatic carbocycles. The summed E-state index contributed by atoms with van der Waals surface area (Å²) in [6.07, 6.45) is 1.76. The molecule has 0 unspecified atom stereocenters.